The molecule has 0 aromatic heterocycles. The van der Waals surface area contributed by atoms with E-state index in [1.165, 1.54) is 6.92 Å². The summed E-state index contributed by atoms with van der Waals surface area (Å²) in [5.74, 6) is -2.42. The zero-order chi connectivity index (χ0) is 27.4. The average molecular weight is 523 g/mol. The van der Waals surface area contributed by atoms with Crippen molar-refractivity contribution in [1.82, 2.24) is 10.6 Å². The second-order valence-corrected chi connectivity index (χ2v) is 9.93. The van der Waals surface area contributed by atoms with Crippen molar-refractivity contribution in [3.8, 4) is 0 Å². The molecule has 204 valence electrons. The highest BCUT2D eigenvalue weighted by Gasteiger charge is 2.39. The van der Waals surface area contributed by atoms with Crippen molar-refractivity contribution < 1.29 is 28.7 Å². The number of carbonyl (C=O) groups excluding carboxylic acids is 4. The third-order valence-corrected chi connectivity index (χ3v) is 6.80. The Balaban J connectivity index is 1.57. The lowest BCUT2D eigenvalue weighted by Crippen LogP contribution is -2.52. The molecule has 0 radical (unpaired) electrons. The van der Waals surface area contributed by atoms with Crippen molar-refractivity contribution in [1.29, 1.82) is 0 Å². The van der Waals surface area contributed by atoms with Crippen molar-refractivity contribution in [3.05, 3.63) is 71.8 Å². The van der Waals surface area contributed by atoms with Crippen LogP contribution < -0.4 is 10.6 Å². The first-order valence-electron chi connectivity index (χ1n) is 13.4. The molecule has 2 N–H and O–H groups in total. The summed E-state index contributed by atoms with van der Waals surface area (Å²) >= 11 is 0. The maximum absolute atomic E-state index is 13.0. The van der Waals surface area contributed by atoms with Crippen LogP contribution in [0.15, 0.2) is 60.7 Å². The Hall–Kier alpha value is -3.68. The van der Waals surface area contributed by atoms with Crippen LogP contribution in [0.5, 0.6) is 0 Å². The van der Waals surface area contributed by atoms with Gasteiger partial charge in [-0.1, -0.05) is 80.4 Å². The number of unbranched alkanes of at least 4 members (excludes halogenated alkanes) is 1. The number of Topliss-reactive ketones (excluding diaryl/α,β-unsaturated/α-hetero) is 1. The standard InChI is InChI=1S/C30H38N2O6/c1-3-4-17-25(26(33)27(34)31-22(2)28(35)37-21-24-15-9-6-10-16-24)32-29(36)38-30(18-11-12-19-30)20-23-13-7-5-8-14-23/h5-10,13-16,22,25H,3-4,11-12,17-21H2,1-2H3,(H,31,34)(H,32,36)/t22?,25-/m0/s1. The van der Waals surface area contributed by atoms with Gasteiger partial charge in [0, 0.05) is 6.42 Å². The van der Waals surface area contributed by atoms with Crippen LogP contribution >= 0.6 is 0 Å². The predicted molar refractivity (Wildman–Crippen MR) is 143 cm³/mol. The van der Waals surface area contributed by atoms with Gasteiger partial charge in [0.15, 0.2) is 0 Å². The summed E-state index contributed by atoms with van der Waals surface area (Å²) in [5.41, 5.74) is 1.25. The van der Waals surface area contributed by atoms with Crippen molar-refractivity contribution in [2.75, 3.05) is 0 Å². The number of hydrogen-bond acceptors (Lipinski definition) is 6. The molecule has 1 unspecified atom stereocenters. The number of carbonyl (C=O) groups is 4. The Morgan fingerprint density at radius 1 is 0.895 bits per heavy atom. The van der Waals surface area contributed by atoms with E-state index in [1.807, 2.05) is 67.6 Å². The van der Waals surface area contributed by atoms with Gasteiger partial charge in [-0.05, 0) is 50.2 Å². The Morgan fingerprint density at radius 2 is 1.50 bits per heavy atom. The van der Waals surface area contributed by atoms with Gasteiger partial charge in [0.1, 0.15) is 24.3 Å². The summed E-state index contributed by atoms with van der Waals surface area (Å²) in [5, 5.41) is 5.04. The van der Waals surface area contributed by atoms with Crippen molar-refractivity contribution in [3.63, 3.8) is 0 Å². The summed E-state index contributed by atoms with van der Waals surface area (Å²) in [6.45, 7) is 3.47. The molecule has 2 aromatic carbocycles. The van der Waals surface area contributed by atoms with E-state index < -0.39 is 41.4 Å². The fraction of sp³-hybridized carbons (Fsp3) is 0.467. The summed E-state index contributed by atoms with van der Waals surface area (Å²) in [6.07, 6.45) is 4.99. The molecule has 3 rings (SSSR count). The van der Waals surface area contributed by atoms with Gasteiger partial charge in [-0.25, -0.2) is 9.59 Å². The van der Waals surface area contributed by atoms with E-state index in [2.05, 4.69) is 10.6 Å². The molecule has 8 heteroatoms. The molecule has 8 nitrogen and oxygen atoms in total. The normalized spacial score (nSPS) is 15.6. The van der Waals surface area contributed by atoms with Gasteiger partial charge in [-0.2, -0.15) is 0 Å². The number of amides is 2. The zero-order valence-electron chi connectivity index (χ0n) is 22.2. The minimum absolute atomic E-state index is 0.0606. The first-order chi connectivity index (χ1) is 18.3. The molecular weight excluding hydrogens is 484 g/mol. The SMILES string of the molecule is CCCC[C@H](NC(=O)OC1(Cc2ccccc2)CCCC1)C(=O)C(=O)NC(C)C(=O)OCc1ccccc1. The van der Waals surface area contributed by atoms with E-state index in [9.17, 15) is 19.2 Å². The fourth-order valence-corrected chi connectivity index (χ4v) is 4.69. The molecule has 0 spiro atoms. The Morgan fingerprint density at radius 3 is 2.11 bits per heavy atom. The largest absolute Gasteiger partial charge is 0.459 e. The highest BCUT2D eigenvalue weighted by atomic mass is 16.6. The molecule has 0 heterocycles. The lowest BCUT2D eigenvalue weighted by atomic mass is 9.92. The first kappa shape index (κ1) is 28.9. The summed E-state index contributed by atoms with van der Waals surface area (Å²) in [4.78, 5) is 51.0. The van der Waals surface area contributed by atoms with Crippen LogP contribution in [0.1, 0.15) is 69.9 Å². The number of hydrogen-bond donors (Lipinski definition) is 2. The van der Waals surface area contributed by atoms with Gasteiger partial charge in [-0.3, -0.25) is 9.59 Å². The molecule has 0 bridgehead atoms. The van der Waals surface area contributed by atoms with Crippen LogP contribution in [0.25, 0.3) is 0 Å². The number of alkyl carbamates (subject to hydrolysis) is 1. The lowest BCUT2D eigenvalue weighted by molar-refractivity contribution is -0.149. The van der Waals surface area contributed by atoms with E-state index in [0.29, 0.717) is 12.8 Å². The summed E-state index contributed by atoms with van der Waals surface area (Å²) in [7, 11) is 0. The fourth-order valence-electron chi connectivity index (χ4n) is 4.69. The molecule has 38 heavy (non-hydrogen) atoms. The minimum atomic E-state index is -1.05. The van der Waals surface area contributed by atoms with Crippen molar-refractivity contribution >= 4 is 23.8 Å². The molecule has 0 saturated heterocycles. The zero-order valence-corrected chi connectivity index (χ0v) is 22.2. The topological polar surface area (TPSA) is 111 Å². The molecule has 0 aliphatic heterocycles. The second kappa shape index (κ2) is 14.3. The van der Waals surface area contributed by atoms with Gasteiger partial charge in [-0.15, -0.1) is 0 Å². The van der Waals surface area contributed by atoms with Gasteiger partial charge in [0.05, 0.1) is 0 Å². The van der Waals surface area contributed by atoms with Gasteiger partial charge in [0.2, 0.25) is 5.78 Å². The van der Waals surface area contributed by atoms with Crippen LogP contribution in [0.4, 0.5) is 4.79 Å². The molecule has 1 saturated carbocycles. The van der Waals surface area contributed by atoms with Crippen molar-refractivity contribution in [2.24, 2.45) is 0 Å². The average Bonchev–Trinajstić information content (AvgIpc) is 3.37. The van der Waals surface area contributed by atoms with Crippen LogP contribution in [-0.2, 0) is 36.9 Å². The molecule has 1 aliphatic carbocycles. The Labute approximate surface area is 224 Å². The Bertz CT molecular complexity index is 1070. The molecular formula is C30H38N2O6. The van der Waals surface area contributed by atoms with Gasteiger partial charge < -0.3 is 20.1 Å². The van der Waals surface area contributed by atoms with Gasteiger partial charge >= 0.3 is 12.1 Å². The van der Waals surface area contributed by atoms with Crippen LogP contribution in [0, 0.1) is 0 Å². The quantitative estimate of drug-likeness (QED) is 0.293. The number of esters is 1. The molecule has 1 fully saturated rings. The van der Waals surface area contributed by atoms with E-state index in [-0.39, 0.29) is 13.0 Å². The monoisotopic (exact) mass is 522 g/mol. The molecule has 2 atom stereocenters. The highest BCUT2D eigenvalue weighted by Crippen LogP contribution is 2.36. The lowest BCUT2D eigenvalue weighted by Gasteiger charge is -2.30. The van der Waals surface area contributed by atoms with E-state index in [0.717, 1.165) is 43.2 Å². The number of benzene rings is 2. The third kappa shape index (κ3) is 8.71. The van der Waals surface area contributed by atoms with Crippen LogP contribution in [0.2, 0.25) is 0 Å². The summed E-state index contributed by atoms with van der Waals surface area (Å²) < 4.78 is 11.2. The highest BCUT2D eigenvalue weighted by molar-refractivity contribution is 6.38. The third-order valence-electron chi connectivity index (χ3n) is 6.80. The first-order valence-corrected chi connectivity index (χ1v) is 13.4. The number of nitrogens with one attached hydrogen (secondary N) is 2. The predicted octanol–water partition coefficient (Wildman–Crippen LogP) is 4.64. The molecule has 2 aromatic rings. The number of ketones is 1. The van der Waals surface area contributed by atoms with Crippen LogP contribution in [0.3, 0.4) is 0 Å². The smallest absolute Gasteiger partial charge is 0.408 e. The second-order valence-electron chi connectivity index (χ2n) is 9.93. The van der Waals surface area contributed by atoms with Crippen molar-refractivity contribution in [2.45, 2.75) is 89.5 Å². The van der Waals surface area contributed by atoms with E-state index in [4.69, 9.17) is 9.47 Å². The number of rotatable bonds is 13. The van der Waals surface area contributed by atoms with E-state index in [1.54, 1.807) is 0 Å². The van der Waals surface area contributed by atoms with Gasteiger partial charge in [0.25, 0.3) is 5.91 Å². The van der Waals surface area contributed by atoms with Crippen LogP contribution in [-0.4, -0.2) is 41.4 Å². The molecule has 2 amide bonds. The maximum atomic E-state index is 13.0. The maximum Gasteiger partial charge on any atom is 0.408 e. The summed E-state index contributed by atoms with van der Waals surface area (Å²) in [6, 6.07) is 16.9. The minimum Gasteiger partial charge on any atom is -0.459 e. The Kier molecular flexibility index (Phi) is 10.9. The molecule has 1 aliphatic rings. The van der Waals surface area contributed by atoms with E-state index >= 15 is 0 Å². The number of ether oxygens (including phenoxy) is 2.